The number of aromatic nitrogens is 1. The van der Waals surface area contributed by atoms with Gasteiger partial charge in [-0.25, -0.2) is 4.98 Å². The van der Waals surface area contributed by atoms with Crippen molar-refractivity contribution >= 4 is 11.3 Å². The second-order valence-corrected chi connectivity index (χ2v) is 5.16. The molecule has 1 aromatic carbocycles. The Morgan fingerprint density at radius 2 is 2.12 bits per heavy atom. The van der Waals surface area contributed by atoms with Crippen LogP contribution in [0.4, 0.5) is 0 Å². The highest BCUT2D eigenvalue weighted by Gasteiger charge is 2.02. The molecule has 0 fully saturated rings. The topological polar surface area (TPSA) is 48.1 Å². The van der Waals surface area contributed by atoms with Gasteiger partial charge in [-0.1, -0.05) is 6.07 Å². The van der Waals surface area contributed by atoms with Crippen LogP contribution < -0.4 is 10.5 Å². The van der Waals surface area contributed by atoms with Crippen LogP contribution in [0.25, 0.3) is 0 Å². The Morgan fingerprint density at radius 1 is 1.29 bits per heavy atom. The summed E-state index contributed by atoms with van der Waals surface area (Å²) in [4.78, 5) is 5.34. The normalized spacial score (nSPS) is 10.5. The number of hydrogen-bond donors (Lipinski definition) is 1. The van der Waals surface area contributed by atoms with E-state index in [1.807, 2.05) is 18.3 Å². The molecule has 0 atom stereocenters. The van der Waals surface area contributed by atoms with Gasteiger partial charge in [-0.3, -0.25) is 0 Å². The van der Waals surface area contributed by atoms with Crippen molar-refractivity contribution in [3.05, 3.63) is 45.4 Å². The zero-order valence-electron chi connectivity index (χ0n) is 10.1. The van der Waals surface area contributed by atoms with Gasteiger partial charge in [0.05, 0.1) is 0 Å². The third-order valence-corrected chi connectivity index (χ3v) is 3.64. The van der Waals surface area contributed by atoms with Crippen molar-refractivity contribution in [3.8, 4) is 5.75 Å². The van der Waals surface area contributed by atoms with E-state index in [9.17, 15) is 0 Å². The molecule has 90 valence electrons. The first-order valence-electron chi connectivity index (χ1n) is 5.52. The number of nitrogens with two attached hydrogens (primary N) is 1. The van der Waals surface area contributed by atoms with E-state index in [0.29, 0.717) is 13.2 Å². The minimum atomic E-state index is 0.507. The maximum Gasteiger partial charge on any atom is 0.140 e. The summed E-state index contributed by atoms with van der Waals surface area (Å²) in [5, 5.41) is 0.962. The molecule has 1 aromatic heterocycles. The number of ether oxygens (including phenoxy) is 1. The predicted octanol–water partition coefficient (Wildman–Crippen LogP) is 2.80. The molecule has 0 saturated heterocycles. The summed E-state index contributed by atoms with van der Waals surface area (Å²) in [5.41, 5.74) is 8.05. The Kier molecular flexibility index (Phi) is 3.76. The summed E-state index contributed by atoms with van der Waals surface area (Å²) in [7, 11) is 0. The van der Waals surface area contributed by atoms with Gasteiger partial charge in [0, 0.05) is 17.6 Å². The van der Waals surface area contributed by atoms with E-state index in [0.717, 1.165) is 15.6 Å². The number of thiazole rings is 1. The van der Waals surface area contributed by atoms with Gasteiger partial charge in [0.1, 0.15) is 17.4 Å². The van der Waals surface area contributed by atoms with Gasteiger partial charge in [-0.15, -0.1) is 11.3 Å². The lowest BCUT2D eigenvalue weighted by Gasteiger charge is -2.06. The molecule has 0 amide bonds. The lowest BCUT2D eigenvalue weighted by molar-refractivity contribution is 0.305. The first-order chi connectivity index (χ1) is 8.19. The molecule has 2 rings (SSSR count). The monoisotopic (exact) mass is 248 g/mol. The van der Waals surface area contributed by atoms with Crippen LogP contribution >= 0.6 is 11.3 Å². The molecular formula is C13H16N2OS. The fraction of sp³-hybridized carbons (Fsp3) is 0.308. The number of benzene rings is 1. The van der Waals surface area contributed by atoms with Gasteiger partial charge in [-0.05, 0) is 37.1 Å². The average Bonchev–Trinajstić information content (AvgIpc) is 2.79. The molecule has 1 heterocycles. The Morgan fingerprint density at radius 3 is 2.76 bits per heavy atom. The second kappa shape index (κ2) is 5.29. The Bertz CT molecular complexity index is 508. The smallest absolute Gasteiger partial charge is 0.140 e. The van der Waals surface area contributed by atoms with Gasteiger partial charge in [0.25, 0.3) is 0 Å². The molecule has 17 heavy (non-hydrogen) atoms. The number of rotatable bonds is 4. The summed E-state index contributed by atoms with van der Waals surface area (Å²) in [6.07, 6.45) is 1.81. The molecule has 0 aliphatic heterocycles. The van der Waals surface area contributed by atoms with E-state index in [1.165, 1.54) is 11.1 Å². The minimum Gasteiger partial charge on any atom is -0.486 e. The molecule has 0 radical (unpaired) electrons. The summed E-state index contributed by atoms with van der Waals surface area (Å²) in [6.45, 7) is 5.22. The van der Waals surface area contributed by atoms with Crippen LogP contribution in [-0.4, -0.2) is 4.98 Å². The predicted molar refractivity (Wildman–Crippen MR) is 70.3 cm³/mol. The van der Waals surface area contributed by atoms with E-state index in [-0.39, 0.29) is 0 Å². The molecule has 4 heteroatoms. The highest BCUT2D eigenvalue weighted by molar-refractivity contribution is 7.11. The van der Waals surface area contributed by atoms with Crippen LogP contribution in [0.15, 0.2) is 24.4 Å². The zero-order valence-corrected chi connectivity index (χ0v) is 10.9. The lowest BCUT2D eigenvalue weighted by atomic mass is 10.1. The van der Waals surface area contributed by atoms with Gasteiger partial charge >= 0.3 is 0 Å². The van der Waals surface area contributed by atoms with Gasteiger partial charge < -0.3 is 10.5 Å². The van der Waals surface area contributed by atoms with E-state index in [2.05, 4.69) is 24.9 Å². The Balaban J connectivity index is 1.99. The van der Waals surface area contributed by atoms with Crippen LogP contribution in [0.5, 0.6) is 5.75 Å². The molecule has 0 bridgehead atoms. The van der Waals surface area contributed by atoms with Gasteiger partial charge in [0.2, 0.25) is 0 Å². The van der Waals surface area contributed by atoms with Crippen molar-refractivity contribution in [1.82, 2.24) is 4.98 Å². The van der Waals surface area contributed by atoms with Crippen molar-refractivity contribution in [2.24, 2.45) is 5.73 Å². The fourth-order valence-corrected chi connectivity index (χ4v) is 2.17. The molecule has 0 aliphatic carbocycles. The van der Waals surface area contributed by atoms with Crippen molar-refractivity contribution < 1.29 is 4.74 Å². The van der Waals surface area contributed by atoms with Crippen LogP contribution in [0.3, 0.4) is 0 Å². The lowest BCUT2D eigenvalue weighted by Crippen LogP contribution is -1.95. The van der Waals surface area contributed by atoms with Crippen molar-refractivity contribution in [3.63, 3.8) is 0 Å². The molecule has 0 aliphatic rings. The van der Waals surface area contributed by atoms with Gasteiger partial charge in [0.15, 0.2) is 0 Å². The van der Waals surface area contributed by atoms with E-state index in [4.69, 9.17) is 10.5 Å². The quantitative estimate of drug-likeness (QED) is 0.905. The summed E-state index contributed by atoms with van der Waals surface area (Å²) < 4.78 is 5.69. The molecule has 2 N–H and O–H groups in total. The van der Waals surface area contributed by atoms with Crippen molar-refractivity contribution in [2.75, 3.05) is 0 Å². The molecule has 0 spiro atoms. The maximum absolute atomic E-state index is 5.69. The third kappa shape index (κ3) is 3.05. The highest BCUT2D eigenvalue weighted by Crippen LogP contribution is 2.19. The van der Waals surface area contributed by atoms with Crippen LogP contribution in [-0.2, 0) is 13.2 Å². The standard InChI is InChI=1S/C13H16N2OS/c1-9-3-4-11(5-10(9)2)16-8-13-15-7-12(6-14)17-13/h3-5,7H,6,8,14H2,1-2H3. The SMILES string of the molecule is Cc1ccc(OCc2ncc(CN)s2)cc1C. The first-order valence-corrected chi connectivity index (χ1v) is 6.34. The van der Waals surface area contributed by atoms with Crippen molar-refractivity contribution in [1.29, 1.82) is 0 Å². The Labute approximate surface area is 105 Å². The Hall–Kier alpha value is -1.39. The van der Waals surface area contributed by atoms with E-state index >= 15 is 0 Å². The number of nitrogens with zero attached hydrogens (tertiary/aromatic N) is 1. The van der Waals surface area contributed by atoms with Gasteiger partial charge in [-0.2, -0.15) is 0 Å². The second-order valence-electron chi connectivity index (χ2n) is 3.96. The minimum absolute atomic E-state index is 0.507. The van der Waals surface area contributed by atoms with Crippen LogP contribution in [0.1, 0.15) is 21.0 Å². The number of hydrogen-bond acceptors (Lipinski definition) is 4. The fourth-order valence-electron chi connectivity index (χ4n) is 1.46. The number of aryl methyl sites for hydroxylation is 2. The maximum atomic E-state index is 5.69. The molecule has 3 nitrogen and oxygen atoms in total. The largest absolute Gasteiger partial charge is 0.486 e. The molecule has 0 saturated carbocycles. The summed E-state index contributed by atoms with van der Waals surface area (Å²) in [6, 6.07) is 6.10. The van der Waals surface area contributed by atoms with Crippen LogP contribution in [0.2, 0.25) is 0 Å². The van der Waals surface area contributed by atoms with Crippen molar-refractivity contribution in [2.45, 2.75) is 27.0 Å². The van der Waals surface area contributed by atoms with E-state index in [1.54, 1.807) is 11.3 Å². The molecule has 2 aromatic rings. The van der Waals surface area contributed by atoms with Crippen LogP contribution in [0, 0.1) is 13.8 Å². The first kappa shape index (κ1) is 12.1. The summed E-state index contributed by atoms with van der Waals surface area (Å²) in [5.74, 6) is 0.887. The zero-order chi connectivity index (χ0) is 12.3. The summed E-state index contributed by atoms with van der Waals surface area (Å²) >= 11 is 1.60. The van der Waals surface area contributed by atoms with E-state index < -0.39 is 0 Å². The third-order valence-electron chi connectivity index (χ3n) is 2.64. The molecular weight excluding hydrogens is 232 g/mol. The average molecular weight is 248 g/mol. The molecule has 0 unspecified atom stereocenters. The highest BCUT2D eigenvalue weighted by atomic mass is 32.1.